The van der Waals surface area contributed by atoms with Crippen molar-refractivity contribution in [2.75, 3.05) is 14.1 Å². The number of hydrogen-bond acceptors (Lipinski definition) is 3. The average Bonchev–Trinajstić information content (AvgIpc) is 2.04. The minimum Gasteiger partial charge on any atom is -0.300 e. The molecule has 0 aromatic heterocycles. The summed E-state index contributed by atoms with van der Waals surface area (Å²) >= 11 is 0. The fraction of sp³-hybridized carbons (Fsp3) is 0.800. The Kier molecular flexibility index (Phi) is 2.86. The van der Waals surface area contributed by atoms with Crippen LogP contribution in [0, 0.1) is 0 Å². The van der Waals surface area contributed by atoms with Crippen LogP contribution >= 0.6 is 0 Å². The molecule has 1 rings (SSSR count). The van der Waals surface area contributed by atoms with Crippen LogP contribution in [0.1, 0.15) is 32.6 Å². The van der Waals surface area contributed by atoms with Crippen molar-refractivity contribution in [3.8, 4) is 0 Å². The summed E-state index contributed by atoms with van der Waals surface area (Å²) in [5.41, 5.74) is -0.367. The number of hydrogen-bond donors (Lipinski definition) is 0. The number of carbonyl (C=O) groups is 2. The molecule has 1 saturated carbocycles. The zero-order chi connectivity index (χ0) is 10.1. The number of Topliss-reactive ketones (excluding diaryl/α,β-unsaturated/α-hetero) is 2. The predicted molar refractivity (Wildman–Crippen MR) is 50.6 cm³/mol. The molecule has 0 amide bonds. The van der Waals surface area contributed by atoms with E-state index in [2.05, 4.69) is 0 Å². The Morgan fingerprint density at radius 3 is 2.08 bits per heavy atom. The first-order valence-corrected chi connectivity index (χ1v) is 4.69. The lowest BCUT2D eigenvalue weighted by atomic mass is 9.77. The van der Waals surface area contributed by atoms with Crippen molar-refractivity contribution in [3.05, 3.63) is 0 Å². The molecule has 0 atom stereocenters. The van der Waals surface area contributed by atoms with Crippen LogP contribution in [0.4, 0.5) is 0 Å². The number of carbonyl (C=O) groups excluding carboxylic acids is 2. The number of ketones is 2. The van der Waals surface area contributed by atoms with Gasteiger partial charge in [-0.1, -0.05) is 0 Å². The van der Waals surface area contributed by atoms with Gasteiger partial charge in [-0.2, -0.15) is 0 Å². The molecule has 0 aromatic carbocycles. The van der Waals surface area contributed by atoms with E-state index in [0.29, 0.717) is 31.5 Å². The van der Waals surface area contributed by atoms with Crippen molar-refractivity contribution in [2.24, 2.45) is 0 Å². The summed E-state index contributed by atoms with van der Waals surface area (Å²) in [5, 5.41) is 0. The molecule has 3 nitrogen and oxygen atoms in total. The highest BCUT2D eigenvalue weighted by Gasteiger charge is 2.40. The van der Waals surface area contributed by atoms with Crippen LogP contribution in [-0.2, 0) is 9.59 Å². The smallest absolute Gasteiger partial charge is 0.150 e. The third kappa shape index (κ3) is 1.80. The average molecular weight is 183 g/mol. The van der Waals surface area contributed by atoms with Gasteiger partial charge in [0.2, 0.25) is 0 Å². The van der Waals surface area contributed by atoms with Gasteiger partial charge in [-0.15, -0.1) is 0 Å². The lowest BCUT2D eigenvalue weighted by molar-refractivity contribution is -0.133. The molecule has 0 saturated heterocycles. The third-order valence-electron chi connectivity index (χ3n) is 3.15. The van der Waals surface area contributed by atoms with E-state index in [4.69, 9.17) is 0 Å². The third-order valence-corrected chi connectivity index (χ3v) is 3.15. The van der Waals surface area contributed by atoms with E-state index in [0.717, 1.165) is 0 Å². The summed E-state index contributed by atoms with van der Waals surface area (Å²) in [5.74, 6) is 0.476. The standard InChI is InChI=1S/C10H17NO2/c1-8(12)10(11(2)3)6-4-9(13)5-7-10/h4-7H2,1-3H3. The zero-order valence-electron chi connectivity index (χ0n) is 8.59. The quantitative estimate of drug-likeness (QED) is 0.641. The first kappa shape index (κ1) is 10.4. The van der Waals surface area contributed by atoms with Crippen LogP contribution in [0.5, 0.6) is 0 Å². The molecule has 3 heteroatoms. The Morgan fingerprint density at radius 2 is 1.77 bits per heavy atom. The largest absolute Gasteiger partial charge is 0.300 e. The van der Waals surface area contributed by atoms with Gasteiger partial charge in [-0.3, -0.25) is 14.5 Å². The van der Waals surface area contributed by atoms with Crippen molar-refractivity contribution >= 4 is 11.6 Å². The van der Waals surface area contributed by atoms with E-state index < -0.39 is 0 Å². The fourth-order valence-electron chi connectivity index (χ4n) is 2.06. The summed E-state index contributed by atoms with van der Waals surface area (Å²) in [6.07, 6.45) is 2.48. The maximum Gasteiger partial charge on any atom is 0.150 e. The Bertz CT molecular complexity index is 223. The van der Waals surface area contributed by atoms with E-state index in [1.54, 1.807) is 6.92 Å². The molecular weight excluding hydrogens is 166 g/mol. The molecule has 0 heterocycles. The molecule has 0 bridgehead atoms. The van der Waals surface area contributed by atoms with Crippen LogP contribution in [0.25, 0.3) is 0 Å². The van der Waals surface area contributed by atoms with Gasteiger partial charge in [0.1, 0.15) is 11.6 Å². The molecule has 13 heavy (non-hydrogen) atoms. The summed E-state index contributed by atoms with van der Waals surface area (Å²) in [6, 6.07) is 0. The van der Waals surface area contributed by atoms with Crippen molar-refractivity contribution in [2.45, 2.75) is 38.1 Å². The second kappa shape index (κ2) is 3.58. The zero-order valence-corrected chi connectivity index (χ0v) is 8.59. The van der Waals surface area contributed by atoms with Gasteiger partial charge in [0.25, 0.3) is 0 Å². The van der Waals surface area contributed by atoms with Crippen molar-refractivity contribution in [1.29, 1.82) is 0 Å². The van der Waals surface area contributed by atoms with Crippen molar-refractivity contribution in [1.82, 2.24) is 4.90 Å². The molecule has 0 unspecified atom stereocenters. The van der Waals surface area contributed by atoms with Crippen LogP contribution in [0.3, 0.4) is 0 Å². The summed E-state index contributed by atoms with van der Waals surface area (Å²) in [6.45, 7) is 1.62. The molecule has 0 radical (unpaired) electrons. The molecule has 0 spiro atoms. The first-order valence-electron chi connectivity index (χ1n) is 4.69. The Balaban J connectivity index is 2.81. The van der Waals surface area contributed by atoms with Crippen LogP contribution in [0.2, 0.25) is 0 Å². The van der Waals surface area contributed by atoms with Gasteiger partial charge in [-0.05, 0) is 33.9 Å². The lowest BCUT2D eigenvalue weighted by Gasteiger charge is -2.40. The van der Waals surface area contributed by atoms with Crippen LogP contribution in [-0.4, -0.2) is 36.1 Å². The monoisotopic (exact) mass is 183 g/mol. The SMILES string of the molecule is CC(=O)C1(N(C)C)CCC(=O)CC1. The molecule has 0 aliphatic heterocycles. The van der Waals surface area contributed by atoms with Gasteiger partial charge in [0.05, 0.1) is 5.54 Å². The Labute approximate surface area is 79.1 Å². The van der Waals surface area contributed by atoms with Crippen LogP contribution in [0.15, 0.2) is 0 Å². The topological polar surface area (TPSA) is 37.4 Å². The highest BCUT2D eigenvalue weighted by Crippen LogP contribution is 2.31. The van der Waals surface area contributed by atoms with Gasteiger partial charge in [0.15, 0.2) is 0 Å². The van der Waals surface area contributed by atoms with Gasteiger partial charge in [0, 0.05) is 12.8 Å². The van der Waals surface area contributed by atoms with Crippen molar-refractivity contribution in [3.63, 3.8) is 0 Å². The molecule has 1 aliphatic rings. The number of nitrogens with zero attached hydrogens (tertiary/aromatic N) is 1. The maximum atomic E-state index is 11.5. The van der Waals surface area contributed by atoms with E-state index in [9.17, 15) is 9.59 Å². The number of likely N-dealkylation sites (N-methyl/N-ethyl adjacent to an activating group) is 1. The van der Waals surface area contributed by atoms with Gasteiger partial charge >= 0.3 is 0 Å². The molecule has 0 N–H and O–H groups in total. The second-order valence-electron chi connectivity index (χ2n) is 4.02. The normalized spacial score (nSPS) is 22.0. The summed E-state index contributed by atoms with van der Waals surface area (Å²) < 4.78 is 0. The Hall–Kier alpha value is -0.700. The fourth-order valence-corrected chi connectivity index (χ4v) is 2.06. The molecule has 0 aromatic rings. The van der Waals surface area contributed by atoms with Crippen LogP contribution < -0.4 is 0 Å². The Morgan fingerprint density at radius 1 is 1.31 bits per heavy atom. The van der Waals surface area contributed by atoms with Gasteiger partial charge < -0.3 is 0 Å². The second-order valence-corrected chi connectivity index (χ2v) is 4.02. The molecule has 74 valence electrons. The molecular formula is C10H17NO2. The first-order chi connectivity index (χ1) is 5.99. The van der Waals surface area contributed by atoms with E-state index >= 15 is 0 Å². The minimum absolute atomic E-state index is 0.185. The highest BCUT2D eigenvalue weighted by molar-refractivity contribution is 5.90. The predicted octanol–water partition coefficient (Wildman–Crippen LogP) is 1.02. The molecule has 1 aliphatic carbocycles. The van der Waals surface area contributed by atoms with E-state index in [1.807, 2.05) is 19.0 Å². The summed E-state index contributed by atoms with van der Waals surface area (Å²) in [7, 11) is 3.83. The highest BCUT2D eigenvalue weighted by atomic mass is 16.1. The number of rotatable bonds is 2. The summed E-state index contributed by atoms with van der Waals surface area (Å²) in [4.78, 5) is 24.5. The maximum absolute atomic E-state index is 11.5. The molecule has 1 fully saturated rings. The lowest BCUT2D eigenvalue weighted by Crippen LogP contribution is -2.52. The minimum atomic E-state index is -0.367. The van der Waals surface area contributed by atoms with E-state index in [-0.39, 0.29) is 11.3 Å². The van der Waals surface area contributed by atoms with Gasteiger partial charge in [-0.25, -0.2) is 0 Å². The van der Waals surface area contributed by atoms with E-state index in [1.165, 1.54) is 0 Å². The van der Waals surface area contributed by atoms with Crippen molar-refractivity contribution < 1.29 is 9.59 Å².